The molecule has 2 aromatic heterocycles. The molecule has 0 aliphatic rings. The van der Waals surface area contributed by atoms with Crippen LogP contribution in [0.4, 0.5) is 5.88 Å². The Hall–Kier alpha value is -2.07. The monoisotopic (exact) mass is 284 g/mol. The van der Waals surface area contributed by atoms with Gasteiger partial charge in [0.25, 0.3) is 0 Å². The van der Waals surface area contributed by atoms with Crippen molar-refractivity contribution in [3.8, 4) is 21.7 Å². The van der Waals surface area contributed by atoms with Crippen LogP contribution in [-0.4, -0.2) is 5.16 Å². The lowest BCUT2D eigenvalue weighted by atomic mass is 10.00. The Balaban J connectivity index is 2.17. The fraction of sp³-hybridized carbons (Fsp3) is 0.188. The van der Waals surface area contributed by atoms with E-state index in [1.807, 2.05) is 12.1 Å². The zero-order chi connectivity index (χ0) is 14.1. The van der Waals surface area contributed by atoms with E-state index < -0.39 is 0 Å². The van der Waals surface area contributed by atoms with Crippen molar-refractivity contribution in [3.05, 3.63) is 46.8 Å². The number of nitrogens with two attached hydrogens (primary N) is 1. The second-order valence-corrected chi connectivity index (χ2v) is 5.87. The number of nitrogen functional groups attached to an aromatic ring is 1. The maximum Gasteiger partial charge on any atom is 0.230 e. The van der Waals surface area contributed by atoms with Gasteiger partial charge in [-0.25, -0.2) is 0 Å². The van der Waals surface area contributed by atoms with Gasteiger partial charge in [-0.3, -0.25) is 0 Å². The summed E-state index contributed by atoms with van der Waals surface area (Å²) in [7, 11) is 0. The minimum absolute atomic E-state index is 0.376. The maximum absolute atomic E-state index is 5.99. The Kier molecular flexibility index (Phi) is 3.32. The van der Waals surface area contributed by atoms with Crippen LogP contribution in [0.2, 0.25) is 0 Å². The second-order valence-electron chi connectivity index (χ2n) is 4.70. The molecule has 0 unspecified atom stereocenters. The van der Waals surface area contributed by atoms with E-state index in [4.69, 9.17) is 10.3 Å². The molecule has 0 radical (unpaired) electrons. The molecule has 1 aromatic carbocycles. The first kappa shape index (κ1) is 12.9. The number of nitrogens with zero attached hydrogens (tertiary/aromatic N) is 1. The molecule has 0 saturated heterocycles. The fourth-order valence-electron chi connectivity index (χ4n) is 2.28. The number of hydrogen-bond acceptors (Lipinski definition) is 4. The molecule has 3 rings (SSSR count). The third kappa shape index (κ3) is 2.12. The van der Waals surface area contributed by atoms with Crippen LogP contribution in [0.3, 0.4) is 0 Å². The quantitative estimate of drug-likeness (QED) is 0.769. The lowest BCUT2D eigenvalue weighted by Gasteiger charge is -2.04. The normalized spacial score (nSPS) is 10.9. The van der Waals surface area contributed by atoms with Gasteiger partial charge in [-0.2, -0.15) is 0 Å². The van der Waals surface area contributed by atoms with E-state index in [1.54, 1.807) is 11.3 Å². The summed E-state index contributed by atoms with van der Waals surface area (Å²) in [6.07, 6.45) is 1.03. The van der Waals surface area contributed by atoms with Crippen LogP contribution in [-0.2, 0) is 6.42 Å². The molecule has 4 heteroatoms. The molecule has 3 aromatic rings. The largest absolute Gasteiger partial charge is 0.367 e. The van der Waals surface area contributed by atoms with Crippen molar-refractivity contribution >= 4 is 17.2 Å². The molecule has 0 saturated carbocycles. The van der Waals surface area contributed by atoms with Crippen molar-refractivity contribution in [2.24, 2.45) is 0 Å². The molecule has 0 amide bonds. The average molecular weight is 284 g/mol. The highest BCUT2D eigenvalue weighted by molar-refractivity contribution is 7.15. The van der Waals surface area contributed by atoms with Gasteiger partial charge < -0.3 is 10.3 Å². The van der Waals surface area contributed by atoms with Gasteiger partial charge in [0.1, 0.15) is 5.69 Å². The molecule has 0 spiro atoms. The van der Waals surface area contributed by atoms with E-state index in [0.717, 1.165) is 33.7 Å². The van der Waals surface area contributed by atoms with Crippen molar-refractivity contribution < 1.29 is 4.52 Å². The van der Waals surface area contributed by atoms with Crippen LogP contribution in [0.15, 0.2) is 40.9 Å². The van der Waals surface area contributed by atoms with Crippen molar-refractivity contribution in [2.45, 2.75) is 20.3 Å². The Morgan fingerprint density at radius 2 is 2.00 bits per heavy atom. The fourth-order valence-corrected chi connectivity index (χ4v) is 3.21. The molecule has 3 nitrogen and oxygen atoms in total. The first-order valence-electron chi connectivity index (χ1n) is 6.61. The van der Waals surface area contributed by atoms with Gasteiger partial charge in [-0.15, -0.1) is 11.3 Å². The summed E-state index contributed by atoms with van der Waals surface area (Å²) >= 11 is 1.74. The lowest BCUT2D eigenvalue weighted by molar-refractivity contribution is 0.439. The van der Waals surface area contributed by atoms with Crippen molar-refractivity contribution in [3.63, 3.8) is 0 Å². The molecule has 0 atom stereocenters. The van der Waals surface area contributed by atoms with E-state index in [2.05, 4.69) is 43.3 Å². The Morgan fingerprint density at radius 1 is 1.20 bits per heavy atom. The molecular weight excluding hydrogens is 268 g/mol. The number of anilines is 1. The topological polar surface area (TPSA) is 52.0 Å². The van der Waals surface area contributed by atoms with Crippen LogP contribution in [0.1, 0.15) is 17.4 Å². The predicted molar refractivity (Wildman–Crippen MR) is 83.8 cm³/mol. The van der Waals surface area contributed by atoms with Crippen LogP contribution in [0.25, 0.3) is 21.7 Å². The van der Waals surface area contributed by atoms with E-state index in [0.29, 0.717) is 5.88 Å². The lowest BCUT2D eigenvalue weighted by Crippen LogP contribution is -1.89. The highest BCUT2D eigenvalue weighted by Gasteiger charge is 2.19. The van der Waals surface area contributed by atoms with Crippen LogP contribution in [0, 0.1) is 6.92 Å². The summed E-state index contributed by atoms with van der Waals surface area (Å²) in [5.41, 5.74) is 9.96. The Bertz CT molecular complexity index is 743. The summed E-state index contributed by atoms with van der Waals surface area (Å²) in [6.45, 7) is 4.21. The summed E-state index contributed by atoms with van der Waals surface area (Å²) in [4.78, 5) is 2.43. The predicted octanol–water partition coefficient (Wildman–Crippen LogP) is 4.52. The number of benzene rings is 1. The second kappa shape index (κ2) is 5.13. The molecule has 0 fully saturated rings. The maximum atomic E-state index is 5.99. The first-order chi connectivity index (χ1) is 9.70. The third-order valence-electron chi connectivity index (χ3n) is 3.38. The highest BCUT2D eigenvalue weighted by atomic mass is 32.1. The number of aryl methyl sites for hydroxylation is 2. The zero-order valence-electron chi connectivity index (χ0n) is 11.5. The molecule has 0 aliphatic carbocycles. The van der Waals surface area contributed by atoms with Crippen LogP contribution >= 0.6 is 11.3 Å². The van der Waals surface area contributed by atoms with Gasteiger partial charge in [-0.05, 0) is 36.6 Å². The SMILES string of the molecule is CCc1ccc(-c2noc(N)c2-c2ccccc2C)s1. The highest BCUT2D eigenvalue weighted by Crippen LogP contribution is 2.40. The van der Waals surface area contributed by atoms with E-state index >= 15 is 0 Å². The molecular formula is C16H16N2OS. The van der Waals surface area contributed by atoms with Gasteiger partial charge in [-0.1, -0.05) is 36.3 Å². The third-order valence-corrected chi connectivity index (χ3v) is 4.61. The Morgan fingerprint density at radius 3 is 2.70 bits per heavy atom. The van der Waals surface area contributed by atoms with E-state index in [-0.39, 0.29) is 0 Å². The smallest absolute Gasteiger partial charge is 0.230 e. The number of hydrogen-bond donors (Lipinski definition) is 1. The number of aromatic nitrogens is 1. The first-order valence-corrected chi connectivity index (χ1v) is 7.42. The van der Waals surface area contributed by atoms with Gasteiger partial charge in [0.05, 0.1) is 10.4 Å². The van der Waals surface area contributed by atoms with Gasteiger partial charge in [0.15, 0.2) is 0 Å². The van der Waals surface area contributed by atoms with Crippen molar-refractivity contribution in [2.75, 3.05) is 5.73 Å². The summed E-state index contributed by atoms with van der Waals surface area (Å²) in [5, 5.41) is 4.16. The zero-order valence-corrected chi connectivity index (χ0v) is 12.3. The standard InChI is InChI=1S/C16H16N2OS/c1-3-11-8-9-13(20-11)15-14(16(17)19-18-15)12-7-5-4-6-10(12)2/h4-9H,3,17H2,1-2H3. The molecule has 0 aliphatic heterocycles. The minimum atomic E-state index is 0.376. The molecule has 20 heavy (non-hydrogen) atoms. The van der Waals surface area contributed by atoms with Crippen LogP contribution in [0.5, 0.6) is 0 Å². The Labute approximate surface area is 122 Å². The molecule has 102 valence electrons. The summed E-state index contributed by atoms with van der Waals surface area (Å²) < 4.78 is 5.24. The van der Waals surface area contributed by atoms with Crippen molar-refractivity contribution in [1.29, 1.82) is 0 Å². The van der Waals surface area contributed by atoms with E-state index in [9.17, 15) is 0 Å². The van der Waals surface area contributed by atoms with Gasteiger partial charge >= 0.3 is 0 Å². The molecule has 2 N–H and O–H groups in total. The average Bonchev–Trinajstić information content (AvgIpc) is 3.06. The van der Waals surface area contributed by atoms with Gasteiger partial charge in [0, 0.05) is 4.88 Å². The van der Waals surface area contributed by atoms with Crippen LogP contribution < -0.4 is 5.73 Å². The number of thiophene rings is 1. The van der Waals surface area contributed by atoms with Gasteiger partial charge in [0.2, 0.25) is 5.88 Å². The number of rotatable bonds is 3. The summed E-state index contributed by atoms with van der Waals surface area (Å²) in [6, 6.07) is 12.4. The van der Waals surface area contributed by atoms with E-state index in [1.165, 1.54) is 4.88 Å². The molecule has 2 heterocycles. The summed E-state index contributed by atoms with van der Waals surface area (Å²) in [5.74, 6) is 0.376. The molecule has 0 bridgehead atoms. The van der Waals surface area contributed by atoms with Crippen molar-refractivity contribution in [1.82, 2.24) is 5.16 Å². The minimum Gasteiger partial charge on any atom is -0.367 e.